The van der Waals surface area contributed by atoms with Crippen molar-refractivity contribution in [2.24, 2.45) is 0 Å². The van der Waals surface area contributed by atoms with Crippen LogP contribution in [0.15, 0.2) is 22.8 Å². The fraction of sp³-hybridized carbons (Fsp3) is 0.333. The summed E-state index contributed by atoms with van der Waals surface area (Å²) >= 11 is 3.46. The molecule has 0 N–H and O–H groups in total. The molecule has 2 heterocycles. The van der Waals surface area contributed by atoms with Gasteiger partial charge in [-0.05, 0) is 40.9 Å². The lowest BCUT2D eigenvalue weighted by Gasteiger charge is -1.96. The number of hydrogen-bond donors (Lipinski definition) is 0. The lowest BCUT2D eigenvalue weighted by molar-refractivity contribution is 0.897. The van der Waals surface area contributed by atoms with Gasteiger partial charge in [-0.25, -0.2) is 0 Å². The van der Waals surface area contributed by atoms with Crippen molar-refractivity contribution < 1.29 is 0 Å². The largest absolute Gasteiger partial charge is 0.285 e. The van der Waals surface area contributed by atoms with Crippen LogP contribution in [-0.2, 0) is 0 Å². The van der Waals surface area contributed by atoms with E-state index in [1.807, 2.05) is 18.3 Å². The number of pyridine rings is 1. The van der Waals surface area contributed by atoms with Gasteiger partial charge >= 0.3 is 0 Å². The zero-order valence-corrected chi connectivity index (χ0v) is 8.53. The van der Waals surface area contributed by atoms with Crippen LogP contribution in [0.1, 0.15) is 24.6 Å². The predicted octanol–water partition coefficient (Wildman–Crippen LogP) is 2.37. The highest BCUT2D eigenvalue weighted by Crippen LogP contribution is 2.39. The van der Waals surface area contributed by atoms with Crippen molar-refractivity contribution in [2.75, 3.05) is 0 Å². The van der Waals surface area contributed by atoms with Crippen LogP contribution in [0.4, 0.5) is 0 Å². The lowest BCUT2D eigenvalue weighted by Crippen LogP contribution is -1.91. The van der Waals surface area contributed by atoms with Gasteiger partial charge in [0.25, 0.3) is 0 Å². The average molecular weight is 238 g/mol. The van der Waals surface area contributed by atoms with E-state index in [0.717, 1.165) is 15.9 Å². The van der Waals surface area contributed by atoms with E-state index < -0.39 is 0 Å². The topological polar surface area (TPSA) is 30.2 Å². The average Bonchev–Trinajstić information content (AvgIpc) is 2.87. The molecule has 66 valence electrons. The molecule has 0 unspecified atom stereocenters. The summed E-state index contributed by atoms with van der Waals surface area (Å²) in [6.45, 7) is 0. The van der Waals surface area contributed by atoms with Gasteiger partial charge in [0.05, 0.1) is 4.47 Å². The zero-order valence-electron chi connectivity index (χ0n) is 6.94. The van der Waals surface area contributed by atoms with Gasteiger partial charge in [0.2, 0.25) is 0 Å². The molecule has 1 fully saturated rings. The molecule has 0 amide bonds. The van der Waals surface area contributed by atoms with E-state index in [-0.39, 0.29) is 0 Å². The molecule has 0 aliphatic heterocycles. The monoisotopic (exact) mass is 237 g/mol. The Morgan fingerprint density at radius 1 is 1.38 bits per heavy atom. The van der Waals surface area contributed by atoms with Gasteiger partial charge in [-0.15, -0.1) is 10.2 Å². The minimum absolute atomic E-state index is 0.643. The molecule has 0 saturated heterocycles. The maximum absolute atomic E-state index is 4.20. The highest BCUT2D eigenvalue weighted by molar-refractivity contribution is 9.10. The Labute approximate surface area is 83.9 Å². The first-order valence-electron chi connectivity index (χ1n) is 4.35. The molecule has 1 saturated carbocycles. The van der Waals surface area contributed by atoms with E-state index >= 15 is 0 Å². The van der Waals surface area contributed by atoms with Crippen LogP contribution >= 0.6 is 15.9 Å². The van der Waals surface area contributed by atoms with E-state index in [0.29, 0.717) is 5.92 Å². The summed E-state index contributed by atoms with van der Waals surface area (Å²) in [6, 6.07) is 3.99. The van der Waals surface area contributed by atoms with Gasteiger partial charge in [0.15, 0.2) is 5.65 Å². The SMILES string of the molecule is Brc1cccn2c(C3CC3)nnc12. The first kappa shape index (κ1) is 7.50. The third-order valence-corrected chi connectivity index (χ3v) is 2.97. The maximum Gasteiger partial charge on any atom is 0.175 e. The smallest absolute Gasteiger partial charge is 0.175 e. The standard InChI is InChI=1S/C9H8BrN3/c10-7-2-1-5-13-8(6-3-4-6)11-12-9(7)13/h1-2,5-6H,3-4H2. The quantitative estimate of drug-likeness (QED) is 0.763. The highest BCUT2D eigenvalue weighted by atomic mass is 79.9. The molecule has 1 aliphatic rings. The molecule has 3 rings (SSSR count). The molecule has 2 aromatic heterocycles. The molecular formula is C9H8BrN3. The number of halogens is 1. The molecular weight excluding hydrogens is 230 g/mol. The first-order valence-corrected chi connectivity index (χ1v) is 5.15. The lowest BCUT2D eigenvalue weighted by atomic mass is 10.4. The summed E-state index contributed by atoms with van der Waals surface area (Å²) < 4.78 is 3.08. The van der Waals surface area contributed by atoms with Crippen LogP contribution in [-0.4, -0.2) is 14.6 Å². The maximum atomic E-state index is 4.20. The second-order valence-electron chi connectivity index (χ2n) is 3.38. The van der Waals surface area contributed by atoms with Crippen LogP contribution in [0.2, 0.25) is 0 Å². The van der Waals surface area contributed by atoms with Gasteiger partial charge in [-0.1, -0.05) is 0 Å². The van der Waals surface area contributed by atoms with Gasteiger partial charge in [0.1, 0.15) is 5.82 Å². The summed E-state index contributed by atoms with van der Waals surface area (Å²) in [4.78, 5) is 0. The first-order chi connectivity index (χ1) is 6.36. The molecule has 0 spiro atoms. The molecule has 0 atom stereocenters. The number of aromatic nitrogens is 3. The minimum Gasteiger partial charge on any atom is -0.285 e. The molecule has 3 nitrogen and oxygen atoms in total. The normalized spacial score (nSPS) is 16.7. The van der Waals surface area contributed by atoms with Crippen LogP contribution in [0, 0.1) is 0 Å². The Morgan fingerprint density at radius 3 is 3.00 bits per heavy atom. The van der Waals surface area contributed by atoms with Gasteiger partial charge < -0.3 is 0 Å². The summed E-state index contributed by atoms with van der Waals surface area (Å²) in [6.07, 6.45) is 4.54. The summed E-state index contributed by atoms with van der Waals surface area (Å²) in [5, 5.41) is 8.35. The van der Waals surface area contributed by atoms with E-state index in [9.17, 15) is 0 Å². The highest BCUT2D eigenvalue weighted by Gasteiger charge is 2.28. The molecule has 2 aromatic rings. The number of rotatable bonds is 1. The van der Waals surface area contributed by atoms with Gasteiger partial charge in [0, 0.05) is 12.1 Å². The fourth-order valence-electron chi connectivity index (χ4n) is 1.52. The van der Waals surface area contributed by atoms with Crippen molar-refractivity contribution >= 4 is 21.6 Å². The van der Waals surface area contributed by atoms with Gasteiger partial charge in [-0.3, -0.25) is 4.40 Å². The van der Waals surface area contributed by atoms with Crippen LogP contribution in [0.5, 0.6) is 0 Å². The Hall–Kier alpha value is -0.900. The van der Waals surface area contributed by atoms with E-state index in [1.54, 1.807) is 0 Å². The van der Waals surface area contributed by atoms with Crippen molar-refractivity contribution in [3.63, 3.8) is 0 Å². The van der Waals surface area contributed by atoms with Crippen LogP contribution in [0.3, 0.4) is 0 Å². The summed E-state index contributed by atoms with van der Waals surface area (Å²) in [7, 11) is 0. The van der Waals surface area contributed by atoms with Crippen molar-refractivity contribution in [1.82, 2.24) is 14.6 Å². The van der Waals surface area contributed by atoms with Crippen molar-refractivity contribution in [3.8, 4) is 0 Å². The van der Waals surface area contributed by atoms with E-state index in [2.05, 4.69) is 30.5 Å². The number of fused-ring (bicyclic) bond motifs is 1. The molecule has 4 heteroatoms. The van der Waals surface area contributed by atoms with Crippen molar-refractivity contribution in [1.29, 1.82) is 0 Å². The Morgan fingerprint density at radius 2 is 2.23 bits per heavy atom. The van der Waals surface area contributed by atoms with Crippen LogP contribution < -0.4 is 0 Å². The Bertz CT molecular complexity index is 459. The van der Waals surface area contributed by atoms with Crippen molar-refractivity contribution in [2.45, 2.75) is 18.8 Å². The molecule has 1 aliphatic carbocycles. The minimum atomic E-state index is 0.643. The summed E-state index contributed by atoms with van der Waals surface area (Å²) in [5.74, 6) is 1.75. The molecule has 0 bridgehead atoms. The zero-order chi connectivity index (χ0) is 8.84. The molecule has 0 radical (unpaired) electrons. The van der Waals surface area contributed by atoms with Gasteiger partial charge in [-0.2, -0.15) is 0 Å². The van der Waals surface area contributed by atoms with Crippen molar-refractivity contribution in [3.05, 3.63) is 28.6 Å². The number of nitrogens with zero attached hydrogens (tertiary/aromatic N) is 3. The Kier molecular flexibility index (Phi) is 1.47. The predicted molar refractivity (Wildman–Crippen MR) is 52.7 cm³/mol. The molecule has 13 heavy (non-hydrogen) atoms. The second-order valence-corrected chi connectivity index (χ2v) is 4.24. The number of hydrogen-bond acceptors (Lipinski definition) is 2. The summed E-state index contributed by atoms with van der Waals surface area (Å²) in [5.41, 5.74) is 0.921. The third-order valence-electron chi connectivity index (χ3n) is 2.36. The molecule has 0 aromatic carbocycles. The fourth-order valence-corrected chi connectivity index (χ4v) is 1.94. The third kappa shape index (κ3) is 1.09. The second kappa shape index (κ2) is 2.54. The van der Waals surface area contributed by atoms with Crippen LogP contribution in [0.25, 0.3) is 5.65 Å². The Balaban J connectivity index is 2.32. The van der Waals surface area contributed by atoms with E-state index in [1.165, 1.54) is 12.8 Å². The van der Waals surface area contributed by atoms with E-state index in [4.69, 9.17) is 0 Å².